The van der Waals surface area contributed by atoms with Crippen LogP contribution in [0.2, 0.25) is 0 Å². The van der Waals surface area contributed by atoms with Crippen molar-refractivity contribution in [2.24, 2.45) is 4.99 Å². The molecule has 6 nitrogen and oxygen atoms in total. The number of hydrogen-bond donors (Lipinski definition) is 3. The van der Waals surface area contributed by atoms with E-state index in [1.54, 1.807) is 0 Å². The molecule has 1 aromatic rings. The van der Waals surface area contributed by atoms with Crippen molar-refractivity contribution in [3.8, 4) is 0 Å². The fraction of sp³-hybridized carbons (Fsp3) is 0.588. The zero-order valence-electron chi connectivity index (χ0n) is 15.3. The first-order chi connectivity index (χ1) is 11.4. The zero-order chi connectivity index (χ0) is 17.8. The summed E-state index contributed by atoms with van der Waals surface area (Å²) in [4.78, 5) is 4.49. The van der Waals surface area contributed by atoms with Crippen LogP contribution in [-0.4, -0.2) is 46.3 Å². The summed E-state index contributed by atoms with van der Waals surface area (Å²) in [5.41, 5.74) is 1.33. The molecule has 0 saturated heterocycles. The number of nitrogens with zero attached hydrogens (tertiary/aromatic N) is 1. The standard InChI is InChI=1S/C17H30N4O2S.HI/c1-4-18-17(19-13-8-14-20-24(3,22)23)21-15(2)11-12-16-9-6-5-7-10-16;/h5-7,9-10,15,20H,4,8,11-14H2,1-3H3,(H2,18,19,21);1H. The van der Waals surface area contributed by atoms with E-state index >= 15 is 0 Å². The number of aryl methyl sites for hydroxylation is 1. The van der Waals surface area contributed by atoms with Crippen molar-refractivity contribution in [1.29, 1.82) is 0 Å². The quantitative estimate of drug-likeness (QED) is 0.207. The molecule has 0 aliphatic rings. The van der Waals surface area contributed by atoms with E-state index in [9.17, 15) is 8.42 Å². The normalized spacial score (nSPS) is 13.0. The summed E-state index contributed by atoms with van der Waals surface area (Å²) in [6.07, 6.45) is 3.87. The van der Waals surface area contributed by atoms with Gasteiger partial charge in [0.2, 0.25) is 10.0 Å². The van der Waals surface area contributed by atoms with Gasteiger partial charge in [0.25, 0.3) is 0 Å². The number of halogens is 1. The SMILES string of the molecule is CCNC(=NCCCNS(C)(=O)=O)NC(C)CCc1ccccc1.I. The fourth-order valence-electron chi connectivity index (χ4n) is 2.18. The summed E-state index contributed by atoms with van der Waals surface area (Å²) in [5.74, 6) is 0.775. The van der Waals surface area contributed by atoms with Crippen LogP contribution in [0.4, 0.5) is 0 Å². The number of benzene rings is 1. The smallest absolute Gasteiger partial charge is 0.208 e. The van der Waals surface area contributed by atoms with E-state index in [0.29, 0.717) is 25.6 Å². The molecule has 0 radical (unpaired) electrons. The van der Waals surface area contributed by atoms with Gasteiger partial charge in [0, 0.05) is 25.7 Å². The molecule has 0 fully saturated rings. The number of nitrogens with one attached hydrogen (secondary N) is 3. The van der Waals surface area contributed by atoms with Gasteiger partial charge in [0.1, 0.15) is 0 Å². The summed E-state index contributed by atoms with van der Waals surface area (Å²) in [5, 5.41) is 6.61. The summed E-state index contributed by atoms with van der Waals surface area (Å²) in [6, 6.07) is 10.7. The van der Waals surface area contributed by atoms with Crippen LogP contribution in [0.3, 0.4) is 0 Å². The van der Waals surface area contributed by atoms with E-state index in [2.05, 4.69) is 51.5 Å². The van der Waals surface area contributed by atoms with Crippen molar-refractivity contribution in [1.82, 2.24) is 15.4 Å². The summed E-state index contributed by atoms with van der Waals surface area (Å²) in [6.45, 7) is 5.94. The maximum atomic E-state index is 11.0. The van der Waals surface area contributed by atoms with Crippen molar-refractivity contribution in [3.63, 3.8) is 0 Å². The molecule has 25 heavy (non-hydrogen) atoms. The molecule has 0 aliphatic carbocycles. The van der Waals surface area contributed by atoms with Gasteiger partial charge < -0.3 is 10.6 Å². The molecule has 0 aromatic heterocycles. The highest BCUT2D eigenvalue weighted by molar-refractivity contribution is 14.0. The van der Waals surface area contributed by atoms with E-state index in [1.807, 2.05) is 13.0 Å². The lowest BCUT2D eigenvalue weighted by Crippen LogP contribution is -2.42. The molecular formula is C17H31IN4O2S. The summed E-state index contributed by atoms with van der Waals surface area (Å²) >= 11 is 0. The molecule has 1 unspecified atom stereocenters. The first kappa shape index (κ1) is 24.1. The van der Waals surface area contributed by atoms with Crippen molar-refractivity contribution >= 4 is 40.0 Å². The molecule has 1 aromatic carbocycles. The van der Waals surface area contributed by atoms with Crippen molar-refractivity contribution in [2.45, 2.75) is 39.2 Å². The lowest BCUT2D eigenvalue weighted by Gasteiger charge is -2.18. The molecule has 0 bridgehead atoms. The number of rotatable bonds is 10. The predicted molar refractivity (Wildman–Crippen MR) is 116 cm³/mol. The van der Waals surface area contributed by atoms with Gasteiger partial charge in [0.05, 0.1) is 6.26 Å². The maximum absolute atomic E-state index is 11.0. The Hall–Kier alpha value is -0.870. The molecule has 1 rings (SSSR count). The minimum atomic E-state index is -3.12. The Morgan fingerprint density at radius 3 is 2.52 bits per heavy atom. The molecule has 0 saturated carbocycles. The van der Waals surface area contributed by atoms with Crippen molar-refractivity contribution in [2.75, 3.05) is 25.9 Å². The Labute approximate surface area is 169 Å². The lowest BCUT2D eigenvalue weighted by molar-refractivity contribution is 0.584. The van der Waals surface area contributed by atoms with Crippen LogP contribution in [0.5, 0.6) is 0 Å². The summed E-state index contributed by atoms with van der Waals surface area (Å²) in [7, 11) is -3.12. The highest BCUT2D eigenvalue weighted by Gasteiger charge is 2.05. The number of aliphatic imine (C=N–C) groups is 1. The third-order valence-electron chi connectivity index (χ3n) is 3.41. The van der Waals surface area contributed by atoms with Gasteiger partial charge in [-0.25, -0.2) is 13.1 Å². The molecule has 0 spiro atoms. The summed E-state index contributed by atoms with van der Waals surface area (Å²) < 4.78 is 24.5. The molecule has 0 aliphatic heterocycles. The third kappa shape index (κ3) is 13.1. The van der Waals surface area contributed by atoms with Crippen LogP contribution >= 0.6 is 24.0 Å². The predicted octanol–water partition coefficient (Wildman–Crippen LogP) is 2.12. The molecular weight excluding hydrogens is 451 g/mol. The third-order valence-corrected chi connectivity index (χ3v) is 4.13. The topological polar surface area (TPSA) is 82.6 Å². The largest absolute Gasteiger partial charge is 0.357 e. The van der Waals surface area contributed by atoms with Crippen LogP contribution < -0.4 is 15.4 Å². The Kier molecular flexibility index (Phi) is 12.9. The van der Waals surface area contributed by atoms with E-state index in [-0.39, 0.29) is 24.0 Å². The molecule has 144 valence electrons. The monoisotopic (exact) mass is 482 g/mol. The Balaban J connectivity index is 0.00000576. The second kappa shape index (κ2) is 13.3. The maximum Gasteiger partial charge on any atom is 0.208 e. The van der Waals surface area contributed by atoms with E-state index in [1.165, 1.54) is 5.56 Å². The van der Waals surface area contributed by atoms with Gasteiger partial charge in [0.15, 0.2) is 5.96 Å². The molecule has 0 amide bonds. The minimum absolute atomic E-state index is 0. The van der Waals surface area contributed by atoms with E-state index in [4.69, 9.17) is 0 Å². The van der Waals surface area contributed by atoms with Gasteiger partial charge in [-0.2, -0.15) is 0 Å². The average molecular weight is 482 g/mol. The van der Waals surface area contributed by atoms with E-state index < -0.39 is 10.0 Å². The molecule has 3 N–H and O–H groups in total. The van der Waals surface area contributed by atoms with Gasteiger partial charge in [-0.1, -0.05) is 30.3 Å². The Morgan fingerprint density at radius 2 is 1.92 bits per heavy atom. The van der Waals surface area contributed by atoms with Crippen LogP contribution in [0.25, 0.3) is 0 Å². The van der Waals surface area contributed by atoms with E-state index in [0.717, 1.165) is 31.6 Å². The van der Waals surface area contributed by atoms with Gasteiger partial charge in [-0.3, -0.25) is 4.99 Å². The lowest BCUT2D eigenvalue weighted by atomic mass is 10.1. The van der Waals surface area contributed by atoms with Crippen LogP contribution in [0.1, 0.15) is 32.3 Å². The Morgan fingerprint density at radius 1 is 1.24 bits per heavy atom. The zero-order valence-corrected chi connectivity index (χ0v) is 18.4. The van der Waals surface area contributed by atoms with Crippen molar-refractivity contribution in [3.05, 3.63) is 35.9 Å². The second-order valence-electron chi connectivity index (χ2n) is 5.85. The number of sulfonamides is 1. The first-order valence-electron chi connectivity index (χ1n) is 8.44. The highest BCUT2D eigenvalue weighted by atomic mass is 127. The first-order valence-corrected chi connectivity index (χ1v) is 10.3. The average Bonchev–Trinajstić information content (AvgIpc) is 2.52. The highest BCUT2D eigenvalue weighted by Crippen LogP contribution is 2.04. The van der Waals surface area contributed by atoms with Crippen LogP contribution in [0, 0.1) is 0 Å². The van der Waals surface area contributed by atoms with Crippen LogP contribution in [-0.2, 0) is 16.4 Å². The number of guanidine groups is 1. The van der Waals surface area contributed by atoms with Crippen molar-refractivity contribution < 1.29 is 8.42 Å². The minimum Gasteiger partial charge on any atom is -0.357 e. The van der Waals surface area contributed by atoms with Gasteiger partial charge in [-0.15, -0.1) is 24.0 Å². The molecule has 1 atom stereocenters. The fourth-order valence-corrected chi connectivity index (χ4v) is 2.70. The van der Waals surface area contributed by atoms with Crippen LogP contribution in [0.15, 0.2) is 35.3 Å². The second-order valence-corrected chi connectivity index (χ2v) is 7.68. The number of hydrogen-bond acceptors (Lipinski definition) is 3. The molecule has 0 heterocycles. The van der Waals surface area contributed by atoms with Gasteiger partial charge in [-0.05, 0) is 38.7 Å². The molecule has 8 heteroatoms. The van der Waals surface area contributed by atoms with Gasteiger partial charge >= 0.3 is 0 Å². The Bertz CT molecular complexity index is 594.